The SMILES string of the molecule is Cc1cccc(NC(=O)N2CCN(c3ccc(Nc4cccc(C)n4)nn3)CC2)c1. The molecule has 3 heterocycles. The molecule has 30 heavy (non-hydrogen) atoms. The summed E-state index contributed by atoms with van der Waals surface area (Å²) in [7, 11) is 0. The molecule has 1 aliphatic rings. The maximum Gasteiger partial charge on any atom is 0.321 e. The lowest BCUT2D eigenvalue weighted by molar-refractivity contribution is 0.208. The van der Waals surface area contributed by atoms with Crippen LogP contribution in [0.2, 0.25) is 0 Å². The van der Waals surface area contributed by atoms with Crippen molar-refractivity contribution in [3.8, 4) is 0 Å². The summed E-state index contributed by atoms with van der Waals surface area (Å²) in [6, 6.07) is 17.4. The van der Waals surface area contributed by atoms with Gasteiger partial charge in [-0.2, -0.15) is 0 Å². The van der Waals surface area contributed by atoms with E-state index in [1.54, 1.807) is 0 Å². The third-order valence-corrected chi connectivity index (χ3v) is 4.96. The van der Waals surface area contributed by atoms with Crippen molar-refractivity contribution in [1.29, 1.82) is 0 Å². The average Bonchev–Trinajstić information content (AvgIpc) is 2.74. The van der Waals surface area contributed by atoms with E-state index in [4.69, 9.17) is 0 Å². The second kappa shape index (κ2) is 8.77. The van der Waals surface area contributed by atoms with Gasteiger partial charge in [0.2, 0.25) is 0 Å². The van der Waals surface area contributed by atoms with Crippen LogP contribution < -0.4 is 15.5 Å². The number of anilines is 4. The Labute approximate surface area is 176 Å². The molecule has 0 saturated carbocycles. The van der Waals surface area contributed by atoms with Crippen molar-refractivity contribution in [2.75, 3.05) is 41.7 Å². The summed E-state index contributed by atoms with van der Waals surface area (Å²) in [5.74, 6) is 2.19. The number of hydrogen-bond acceptors (Lipinski definition) is 6. The number of rotatable bonds is 4. The first-order chi connectivity index (χ1) is 14.6. The number of aromatic nitrogens is 3. The molecule has 0 spiro atoms. The summed E-state index contributed by atoms with van der Waals surface area (Å²) in [5.41, 5.74) is 2.88. The number of benzene rings is 1. The number of carbonyl (C=O) groups is 1. The third-order valence-electron chi connectivity index (χ3n) is 4.96. The predicted molar refractivity (Wildman–Crippen MR) is 118 cm³/mol. The van der Waals surface area contributed by atoms with Crippen LogP contribution in [-0.4, -0.2) is 52.3 Å². The summed E-state index contributed by atoms with van der Waals surface area (Å²) in [6.45, 7) is 6.64. The van der Waals surface area contributed by atoms with Gasteiger partial charge in [0.15, 0.2) is 11.6 Å². The van der Waals surface area contributed by atoms with Crippen LogP contribution in [0.5, 0.6) is 0 Å². The zero-order valence-electron chi connectivity index (χ0n) is 17.2. The number of nitrogens with one attached hydrogen (secondary N) is 2. The minimum absolute atomic E-state index is 0.0727. The minimum atomic E-state index is -0.0727. The van der Waals surface area contributed by atoms with Crippen LogP contribution in [0.3, 0.4) is 0 Å². The summed E-state index contributed by atoms with van der Waals surface area (Å²) in [6.07, 6.45) is 0. The van der Waals surface area contributed by atoms with Gasteiger partial charge in [0.1, 0.15) is 5.82 Å². The normalized spacial score (nSPS) is 13.8. The predicted octanol–water partition coefficient (Wildman–Crippen LogP) is 3.59. The number of carbonyl (C=O) groups excluding carboxylic acids is 1. The second-order valence-electron chi connectivity index (χ2n) is 7.34. The smallest absolute Gasteiger partial charge is 0.321 e. The standard InChI is InChI=1S/C22H25N7O/c1-16-5-3-7-18(15-16)24-22(30)29-13-11-28(12-14-29)21-10-9-20(26-27-21)25-19-8-4-6-17(2)23-19/h3-10,15H,11-14H2,1-2H3,(H,24,30)(H,23,25,26). The van der Waals surface area contributed by atoms with E-state index in [2.05, 4.69) is 30.7 Å². The molecule has 1 aromatic carbocycles. The zero-order chi connectivity index (χ0) is 20.9. The van der Waals surface area contributed by atoms with Crippen molar-refractivity contribution in [1.82, 2.24) is 20.1 Å². The fraction of sp³-hybridized carbons (Fsp3) is 0.273. The number of urea groups is 1. The molecule has 0 bridgehead atoms. The quantitative estimate of drug-likeness (QED) is 0.692. The van der Waals surface area contributed by atoms with Crippen molar-refractivity contribution in [3.63, 3.8) is 0 Å². The fourth-order valence-electron chi connectivity index (χ4n) is 3.37. The number of aryl methyl sites for hydroxylation is 2. The van der Waals surface area contributed by atoms with E-state index in [9.17, 15) is 4.79 Å². The summed E-state index contributed by atoms with van der Waals surface area (Å²) >= 11 is 0. The van der Waals surface area contributed by atoms with Crippen LogP contribution in [-0.2, 0) is 0 Å². The molecular formula is C22H25N7O. The fourth-order valence-corrected chi connectivity index (χ4v) is 3.37. The molecule has 2 N–H and O–H groups in total. The molecule has 2 aromatic heterocycles. The summed E-state index contributed by atoms with van der Waals surface area (Å²) < 4.78 is 0. The van der Waals surface area contributed by atoms with Crippen molar-refractivity contribution in [2.45, 2.75) is 13.8 Å². The van der Waals surface area contributed by atoms with Gasteiger partial charge in [-0.1, -0.05) is 18.2 Å². The van der Waals surface area contributed by atoms with E-state index in [1.165, 1.54) is 0 Å². The molecule has 0 atom stereocenters. The Kier molecular flexibility index (Phi) is 5.74. The largest absolute Gasteiger partial charge is 0.352 e. The van der Waals surface area contributed by atoms with Gasteiger partial charge in [-0.15, -0.1) is 10.2 Å². The van der Waals surface area contributed by atoms with Crippen LogP contribution in [0.1, 0.15) is 11.3 Å². The van der Waals surface area contributed by atoms with E-state index >= 15 is 0 Å². The van der Waals surface area contributed by atoms with E-state index in [-0.39, 0.29) is 6.03 Å². The zero-order valence-corrected chi connectivity index (χ0v) is 17.2. The lowest BCUT2D eigenvalue weighted by Crippen LogP contribution is -2.50. The minimum Gasteiger partial charge on any atom is -0.352 e. The van der Waals surface area contributed by atoms with Gasteiger partial charge in [0, 0.05) is 37.6 Å². The number of pyridine rings is 1. The molecule has 8 nitrogen and oxygen atoms in total. The molecule has 2 amide bonds. The Morgan fingerprint density at radius 1 is 0.900 bits per heavy atom. The molecule has 0 unspecified atom stereocenters. The number of hydrogen-bond donors (Lipinski definition) is 2. The van der Waals surface area contributed by atoms with Crippen molar-refractivity contribution < 1.29 is 4.79 Å². The van der Waals surface area contributed by atoms with Crippen LogP contribution in [0.4, 0.5) is 27.9 Å². The summed E-state index contributed by atoms with van der Waals surface area (Å²) in [5, 5.41) is 14.7. The van der Waals surface area contributed by atoms with Gasteiger partial charge < -0.3 is 20.4 Å². The van der Waals surface area contributed by atoms with Gasteiger partial charge in [-0.05, 0) is 55.8 Å². The Bertz CT molecular complexity index is 1010. The molecular weight excluding hydrogens is 378 g/mol. The molecule has 1 saturated heterocycles. The first kappa shape index (κ1) is 19.6. The Balaban J connectivity index is 1.31. The molecule has 0 radical (unpaired) electrons. The highest BCUT2D eigenvalue weighted by molar-refractivity contribution is 5.89. The summed E-state index contributed by atoms with van der Waals surface area (Å²) in [4.78, 5) is 20.9. The lowest BCUT2D eigenvalue weighted by atomic mass is 10.2. The molecule has 1 aliphatic heterocycles. The lowest BCUT2D eigenvalue weighted by Gasteiger charge is -2.35. The van der Waals surface area contributed by atoms with E-state index < -0.39 is 0 Å². The highest BCUT2D eigenvalue weighted by Gasteiger charge is 2.22. The van der Waals surface area contributed by atoms with Crippen molar-refractivity contribution >= 4 is 29.2 Å². The van der Waals surface area contributed by atoms with Crippen LogP contribution in [0, 0.1) is 13.8 Å². The average molecular weight is 403 g/mol. The van der Waals surface area contributed by atoms with Crippen molar-refractivity contribution in [2.24, 2.45) is 0 Å². The number of amides is 2. The topological polar surface area (TPSA) is 86.3 Å². The van der Waals surface area contributed by atoms with Gasteiger partial charge in [-0.25, -0.2) is 9.78 Å². The van der Waals surface area contributed by atoms with E-state index in [1.807, 2.05) is 73.3 Å². The maximum atomic E-state index is 12.5. The monoisotopic (exact) mass is 403 g/mol. The Hall–Kier alpha value is -3.68. The third kappa shape index (κ3) is 4.83. The Morgan fingerprint density at radius 2 is 1.70 bits per heavy atom. The maximum absolute atomic E-state index is 12.5. The highest BCUT2D eigenvalue weighted by Crippen LogP contribution is 2.17. The second-order valence-corrected chi connectivity index (χ2v) is 7.34. The van der Waals surface area contributed by atoms with Crippen LogP contribution >= 0.6 is 0 Å². The molecule has 3 aromatic rings. The Morgan fingerprint density at radius 3 is 2.40 bits per heavy atom. The van der Waals surface area contributed by atoms with Gasteiger partial charge in [-0.3, -0.25) is 0 Å². The molecule has 154 valence electrons. The number of nitrogens with zero attached hydrogens (tertiary/aromatic N) is 5. The molecule has 4 rings (SSSR count). The number of piperazine rings is 1. The highest BCUT2D eigenvalue weighted by atomic mass is 16.2. The van der Waals surface area contributed by atoms with E-state index in [0.717, 1.165) is 28.6 Å². The van der Waals surface area contributed by atoms with Crippen LogP contribution in [0.25, 0.3) is 0 Å². The van der Waals surface area contributed by atoms with Crippen molar-refractivity contribution in [3.05, 3.63) is 65.9 Å². The first-order valence-electron chi connectivity index (χ1n) is 9.99. The van der Waals surface area contributed by atoms with Gasteiger partial charge in [0.25, 0.3) is 0 Å². The van der Waals surface area contributed by atoms with E-state index in [0.29, 0.717) is 32.0 Å². The molecule has 0 aliphatic carbocycles. The van der Waals surface area contributed by atoms with Gasteiger partial charge in [0.05, 0.1) is 0 Å². The molecule has 8 heteroatoms. The van der Waals surface area contributed by atoms with Crippen LogP contribution in [0.15, 0.2) is 54.6 Å². The first-order valence-corrected chi connectivity index (χ1v) is 9.99. The van der Waals surface area contributed by atoms with Gasteiger partial charge >= 0.3 is 6.03 Å². The molecule has 1 fully saturated rings.